The van der Waals surface area contributed by atoms with Crippen molar-refractivity contribution in [1.82, 2.24) is 10.2 Å². The van der Waals surface area contributed by atoms with E-state index in [9.17, 15) is 0 Å². The summed E-state index contributed by atoms with van der Waals surface area (Å²) >= 11 is 1.73. The van der Waals surface area contributed by atoms with Crippen molar-refractivity contribution < 1.29 is 0 Å². The van der Waals surface area contributed by atoms with E-state index >= 15 is 0 Å². The highest BCUT2D eigenvalue weighted by Crippen LogP contribution is 2.25. The summed E-state index contributed by atoms with van der Waals surface area (Å²) in [5.41, 5.74) is 5.64. The van der Waals surface area contributed by atoms with Crippen LogP contribution >= 0.6 is 11.3 Å². The molecule has 0 saturated carbocycles. The molecule has 1 aromatic carbocycles. The number of aromatic nitrogens is 2. The molecule has 1 heterocycles. The molecule has 1 aromatic heterocycles. The van der Waals surface area contributed by atoms with Crippen LogP contribution in [0.15, 0.2) is 24.3 Å². The van der Waals surface area contributed by atoms with Gasteiger partial charge in [-0.05, 0) is 18.6 Å². The summed E-state index contributed by atoms with van der Waals surface area (Å²) in [6.45, 7) is 9.06. The lowest BCUT2D eigenvalue weighted by Gasteiger charge is -2.03. The third kappa shape index (κ3) is 7.84. The molecule has 0 radical (unpaired) electrons. The zero-order chi connectivity index (χ0) is 18.8. The molecule has 0 fully saturated rings. The Balaban J connectivity index is 1.82. The molecule has 2 nitrogen and oxygen atoms in total. The number of rotatable bonds is 9. The number of benzene rings is 1. The van der Waals surface area contributed by atoms with Crippen LogP contribution in [0, 0.1) is 11.5 Å². The zero-order valence-electron chi connectivity index (χ0n) is 16.8. The number of hydrogen-bond acceptors (Lipinski definition) is 3. The van der Waals surface area contributed by atoms with Gasteiger partial charge in [0.2, 0.25) is 0 Å². The third-order valence-corrected chi connectivity index (χ3v) is 6.08. The molecular weight excluding hydrogens is 352 g/mol. The highest BCUT2D eigenvalue weighted by Gasteiger charge is 2.08. The Morgan fingerprint density at radius 1 is 0.885 bits per heavy atom. The van der Waals surface area contributed by atoms with Crippen molar-refractivity contribution in [2.45, 2.75) is 77.9 Å². The smallest absolute Gasteiger partial charge is 0.143 e. The van der Waals surface area contributed by atoms with Gasteiger partial charge in [0.15, 0.2) is 0 Å². The Bertz CT molecular complexity index is 717. The molecule has 0 unspecified atom stereocenters. The summed E-state index contributed by atoms with van der Waals surface area (Å²) < 4.78 is 0. The van der Waals surface area contributed by atoms with Gasteiger partial charge in [0, 0.05) is 17.5 Å². The fourth-order valence-corrected chi connectivity index (χ4v) is 4.07. The molecule has 2 aromatic rings. The quantitative estimate of drug-likeness (QED) is 0.272. The Hall–Kier alpha value is -1.44. The molecule has 0 N–H and O–H groups in total. The zero-order valence-corrected chi connectivity index (χ0v) is 18.6. The van der Waals surface area contributed by atoms with E-state index in [-0.39, 0.29) is 0 Å². The largest absolute Gasteiger partial charge is 0.147 e. The van der Waals surface area contributed by atoms with Crippen molar-refractivity contribution in [2.24, 2.45) is 0 Å². The van der Waals surface area contributed by atoms with Gasteiger partial charge in [0.1, 0.15) is 18.1 Å². The van der Waals surface area contributed by atoms with Gasteiger partial charge in [-0.2, -0.15) is 0 Å². The van der Waals surface area contributed by atoms with Crippen molar-refractivity contribution >= 4 is 19.4 Å². The van der Waals surface area contributed by atoms with Crippen LogP contribution in [0.25, 0.3) is 10.6 Å². The van der Waals surface area contributed by atoms with Crippen LogP contribution in [0.2, 0.25) is 19.6 Å². The van der Waals surface area contributed by atoms with Gasteiger partial charge in [0.05, 0.1) is 0 Å². The van der Waals surface area contributed by atoms with Crippen LogP contribution < -0.4 is 0 Å². The minimum Gasteiger partial charge on any atom is -0.143 e. The first kappa shape index (κ1) is 20.9. The Kier molecular flexibility index (Phi) is 8.54. The van der Waals surface area contributed by atoms with Crippen molar-refractivity contribution in [3.8, 4) is 22.0 Å². The standard InChI is InChI=1S/C22H32N2SSi/c1-5-6-7-8-9-10-11-12-21-23-24-22(25-21)20-15-13-19(14-16-20)17-18-26(2,3)4/h13-16H,5-12H2,1-4H3. The summed E-state index contributed by atoms with van der Waals surface area (Å²) in [6, 6.07) is 8.43. The molecule has 2 rings (SSSR count). The lowest BCUT2D eigenvalue weighted by Crippen LogP contribution is -2.16. The molecule has 0 aliphatic heterocycles. The second-order valence-corrected chi connectivity index (χ2v) is 13.8. The lowest BCUT2D eigenvalue weighted by atomic mass is 10.1. The summed E-state index contributed by atoms with van der Waals surface area (Å²) in [6.07, 6.45) is 10.4. The van der Waals surface area contributed by atoms with Crippen molar-refractivity contribution in [3.63, 3.8) is 0 Å². The van der Waals surface area contributed by atoms with Crippen LogP contribution in [0.4, 0.5) is 0 Å². The van der Waals surface area contributed by atoms with Crippen LogP contribution in [-0.2, 0) is 6.42 Å². The van der Waals surface area contributed by atoms with Crippen LogP contribution in [0.3, 0.4) is 0 Å². The first-order valence-electron chi connectivity index (χ1n) is 9.94. The molecular formula is C22H32N2SSi. The number of aryl methyl sites for hydroxylation is 1. The summed E-state index contributed by atoms with van der Waals surface area (Å²) in [4.78, 5) is 0. The maximum atomic E-state index is 4.38. The number of hydrogen-bond donors (Lipinski definition) is 0. The summed E-state index contributed by atoms with van der Waals surface area (Å²) in [5.74, 6) is 3.30. The predicted octanol–water partition coefficient (Wildman–Crippen LogP) is 6.73. The molecule has 26 heavy (non-hydrogen) atoms. The van der Waals surface area contributed by atoms with Crippen molar-refractivity contribution in [1.29, 1.82) is 0 Å². The summed E-state index contributed by atoms with van der Waals surface area (Å²) in [5, 5.41) is 10.9. The minimum absolute atomic E-state index is 1.02. The fourth-order valence-electron chi connectivity index (χ4n) is 2.66. The first-order valence-corrected chi connectivity index (χ1v) is 14.3. The van der Waals surface area contributed by atoms with Crippen molar-refractivity contribution in [3.05, 3.63) is 34.8 Å². The lowest BCUT2D eigenvalue weighted by molar-refractivity contribution is 0.588. The highest BCUT2D eigenvalue weighted by atomic mass is 32.1. The summed E-state index contributed by atoms with van der Waals surface area (Å²) in [7, 11) is -1.32. The van der Waals surface area contributed by atoms with Gasteiger partial charge in [-0.1, -0.05) is 94.5 Å². The molecule has 0 bridgehead atoms. The van der Waals surface area contributed by atoms with Crippen LogP contribution in [-0.4, -0.2) is 18.3 Å². The SMILES string of the molecule is CCCCCCCCCc1nnc(-c2ccc(C#C[Si](C)(C)C)cc2)s1. The number of unbranched alkanes of at least 4 members (excludes halogenated alkanes) is 6. The molecule has 0 aliphatic rings. The Labute approximate surface area is 164 Å². The van der Waals surface area contributed by atoms with Gasteiger partial charge in [-0.15, -0.1) is 15.7 Å². The molecule has 140 valence electrons. The number of nitrogens with zero attached hydrogens (tertiary/aromatic N) is 2. The maximum Gasteiger partial charge on any atom is 0.147 e. The highest BCUT2D eigenvalue weighted by molar-refractivity contribution is 7.14. The maximum absolute atomic E-state index is 4.38. The van der Waals surface area contributed by atoms with Gasteiger partial charge in [-0.25, -0.2) is 0 Å². The Morgan fingerprint density at radius 2 is 1.54 bits per heavy atom. The average molecular weight is 385 g/mol. The van der Waals surface area contributed by atoms with E-state index in [1.807, 2.05) is 0 Å². The minimum atomic E-state index is -1.32. The van der Waals surface area contributed by atoms with Crippen LogP contribution in [0.1, 0.15) is 62.4 Å². The molecule has 0 spiro atoms. The van der Waals surface area contributed by atoms with Gasteiger partial charge < -0.3 is 0 Å². The van der Waals surface area contributed by atoms with E-state index in [0.29, 0.717) is 0 Å². The van der Waals surface area contributed by atoms with Gasteiger partial charge in [0.25, 0.3) is 0 Å². The third-order valence-electron chi connectivity index (χ3n) is 4.17. The van der Waals surface area contributed by atoms with Crippen LogP contribution in [0.5, 0.6) is 0 Å². The molecule has 0 atom stereocenters. The van der Waals surface area contributed by atoms with E-state index in [4.69, 9.17) is 0 Å². The van der Waals surface area contributed by atoms with Gasteiger partial charge >= 0.3 is 0 Å². The second-order valence-electron chi connectivity index (χ2n) is 7.95. The fraction of sp³-hybridized carbons (Fsp3) is 0.545. The first-order chi connectivity index (χ1) is 12.5. The predicted molar refractivity (Wildman–Crippen MR) is 117 cm³/mol. The van der Waals surface area contributed by atoms with Crippen molar-refractivity contribution in [2.75, 3.05) is 0 Å². The Morgan fingerprint density at radius 3 is 2.19 bits per heavy atom. The second kappa shape index (κ2) is 10.6. The van der Waals surface area contributed by atoms with Gasteiger partial charge in [-0.3, -0.25) is 0 Å². The molecule has 0 saturated heterocycles. The van der Waals surface area contributed by atoms with E-state index in [1.165, 1.54) is 44.9 Å². The molecule has 0 amide bonds. The molecule has 4 heteroatoms. The molecule has 0 aliphatic carbocycles. The van der Waals surface area contributed by atoms with E-state index < -0.39 is 8.07 Å². The van der Waals surface area contributed by atoms with E-state index in [2.05, 4.69) is 72.5 Å². The monoisotopic (exact) mass is 384 g/mol. The van der Waals surface area contributed by atoms with E-state index in [1.54, 1.807) is 11.3 Å². The topological polar surface area (TPSA) is 25.8 Å². The average Bonchev–Trinajstić information content (AvgIpc) is 3.08. The normalized spacial score (nSPS) is 11.2. The van der Waals surface area contributed by atoms with E-state index in [0.717, 1.165) is 27.6 Å².